The van der Waals surface area contributed by atoms with Crippen molar-refractivity contribution in [3.8, 4) is 17.2 Å². The van der Waals surface area contributed by atoms with E-state index in [0.29, 0.717) is 63.8 Å². The Morgan fingerprint density at radius 1 is 1.15 bits per heavy atom. The summed E-state index contributed by atoms with van der Waals surface area (Å²) in [5, 5.41) is 33.2. The zero-order valence-corrected chi connectivity index (χ0v) is 30.5. The number of aromatic nitrogens is 5. The van der Waals surface area contributed by atoms with Crippen LogP contribution in [-0.2, 0) is 22.4 Å². The fraction of sp³-hybridized carbons (Fsp3) is 0.436. The first-order valence-corrected chi connectivity index (χ1v) is 19.0. The topological polar surface area (TPSA) is 142 Å². The number of nitrogens with one attached hydrogen (secondary N) is 1. The van der Waals surface area contributed by atoms with Crippen molar-refractivity contribution >= 4 is 56.9 Å². The molecule has 14 heteroatoms. The molecule has 53 heavy (non-hydrogen) atoms. The molecule has 3 aliphatic heterocycles. The second-order valence-corrected chi connectivity index (χ2v) is 15.8. The molecule has 5 atom stereocenters. The van der Waals surface area contributed by atoms with Crippen molar-refractivity contribution in [3.63, 3.8) is 0 Å². The number of rotatable bonds is 10. The molecule has 2 aromatic carbocycles. The predicted molar refractivity (Wildman–Crippen MR) is 197 cm³/mol. The van der Waals surface area contributed by atoms with Crippen LogP contribution in [0.5, 0.6) is 0 Å². The molecule has 5 unspecified atom stereocenters. The van der Waals surface area contributed by atoms with Crippen LogP contribution < -0.4 is 5.32 Å². The monoisotopic (exact) mass is 754 g/mol. The fourth-order valence-electron chi connectivity index (χ4n) is 9.03. The van der Waals surface area contributed by atoms with Gasteiger partial charge in [-0.05, 0) is 68.7 Å². The van der Waals surface area contributed by atoms with E-state index >= 15 is 4.39 Å². The normalized spacial score (nSPS) is 23.5. The number of hydrogen-bond donors (Lipinski definition) is 2. The number of carboxylic acid groups (broad SMARTS) is 1. The third-order valence-electron chi connectivity index (χ3n) is 11.8. The number of aryl methyl sites for hydroxylation is 3. The number of benzene rings is 2. The largest absolute Gasteiger partial charge is 0.481 e. The van der Waals surface area contributed by atoms with Gasteiger partial charge in [0.1, 0.15) is 5.52 Å². The summed E-state index contributed by atoms with van der Waals surface area (Å²) in [5.74, 6) is -0.905. The molecule has 0 spiro atoms. The second kappa shape index (κ2) is 13.1. The van der Waals surface area contributed by atoms with Crippen LogP contribution >= 0.6 is 23.2 Å². The van der Waals surface area contributed by atoms with Crippen LogP contribution in [0.3, 0.4) is 0 Å². The molecule has 2 N–H and O–H groups in total. The Labute approximate surface area is 314 Å². The number of nitrogens with zero attached hydrogens (tertiary/aromatic N) is 7. The summed E-state index contributed by atoms with van der Waals surface area (Å²) in [7, 11) is 0. The van der Waals surface area contributed by atoms with Crippen molar-refractivity contribution in [1.29, 1.82) is 5.26 Å². The van der Waals surface area contributed by atoms with Crippen molar-refractivity contribution in [2.24, 2.45) is 11.8 Å². The molecule has 11 nitrogen and oxygen atoms in total. The average Bonchev–Trinajstić information content (AvgIpc) is 3.62. The maximum absolute atomic E-state index is 17.2. The number of likely N-dealkylation sites (tertiary alicyclic amines) is 1. The van der Waals surface area contributed by atoms with Crippen LogP contribution in [0.2, 0.25) is 10.0 Å². The van der Waals surface area contributed by atoms with E-state index < -0.39 is 11.8 Å². The minimum Gasteiger partial charge on any atom is -0.481 e. The third-order valence-corrected chi connectivity index (χ3v) is 12.6. The Hall–Kier alpha value is -4.57. The number of pyridine rings is 1. The van der Waals surface area contributed by atoms with Gasteiger partial charge in [0.05, 0.1) is 51.9 Å². The fourth-order valence-corrected chi connectivity index (χ4v) is 9.43. The molecule has 2 aliphatic carbocycles. The number of carbonyl (C=O) groups is 2. The van der Waals surface area contributed by atoms with Gasteiger partial charge in [0.25, 0.3) is 0 Å². The van der Waals surface area contributed by atoms with Crippen molar-refractivity contribution in [2.45, 2.75) is 82.5 Å². The first-order chi connectivity index (χ1) is 25.6. The van der Waals surface area contributed by atoms with E-state index in [9.17, 15) is 20.0 Å². The summed E-state index contributed by atoms with van der Waals surface area (Å²) in [6.07, 6.45) is 5.90. The van der Waals surface area contributed by atoms with Gasteiger partial charge in [0.2, 0.25) is 5.91 Å². The minimum absolute atomic E-state index is 0.00439. The molecule has 2 bridgehead atoms. The summed E-state index contributed by atoms with van der Waals surface area (Å²) in [6, 6.07) is 11.4. The average molecular weight is 756 g/mol. The van der Waals surface area contributed by atoms with Crippen molar-refractivity contribution < 1.29 is 19.1 Å². The SMILES string of the molecule is Cc1nc2c(F)c(-c3cccc(Cl)c3Cl)c(CCC#N)cc2c2c1cc(C1CC(n3cc(CCC(=O)O)nn3)CN1C(=O)C1CC1)n2C1C2CNC1C2. The molecule has 3 aromatic heterocycles. The highest BCUT2D eigenvalue weighted by molar-refractivity contribution is 6.43. The first-order valence-electron chi connectivity index (χ1n) is 18.3. The lowest BCUT2D eigenvalue weighted by Gasteiger charge is -2.39. The molecule has 272 valence electrons. The minimum atomic E-state index is -0.896. The van der Waals surface area contributed by atoms with Crippen LogP contribution in [0.15, 0.2) is 36.5 Å². The first kappa shape index (κ1) is 34.2. The van der Waals surface area contributed by atoms with Crippen molar-refractivity contribution in [1.82, 2.24) is 34.8 Å². The molecular formula is C39H37Cl2FN8O3. The summed E-state index contributed by atoms with van der Waals surface area (Å²) < 4.78 is 21.4. The Kier molecular flexibility index (Phi) is 8.44. The highest BCUT2D eigenvalue weighted by atomic mass is 35.5. The zero-order valence-electron chi connectivity index (χ0n) is 29.0. The van der Waals surface area contributed by atoms with E-state index in [1.807, 2.05) is 17.9 Å². The highest BCUT2D eigenvalue weighted by Crippen LogP contribution is 2.52. The zero-order chi connectivity index (χ0) is 36.7. The van der Waals surface area contributed by atoms with Gasteiger partial charge in [-0.3, -0.25) is 9.59 Å². The Balaban J connectivity index is 1.24. The van der Waals surface area contributed by atoms with Gasteiger partial charge >= 0.3 is 5.97 Å². The standard InChI is InChI=1S/C39H37Cl2FN8O3/c1-19-26-15-31(30-14-24(18-48(30)39(53)20-7-8-20)49-17-23(46-47-49)9-10-32(51)52)50(37-22-13-29(37)44-16-22)38(26)27-12-21(4-3-11-43)33(35(42)36(27)45-19)25-5-2-6-28(40)34(25)41/h2,5-6,12,15,17,20,22,24,29-30,37,44H,3-4,7-10,13-14,16,18H2,1H3,(H,51,52). The number of halogens is 3. The summed E-state index contributed by atoms with van der Waals surface area (Å²) in [6.45, 7) is 3.23. The van der Waals surface area contributed by atoms with Gasteiger partial charge in [0.15, 0.2) is 5.82 Å². The number of carbonyl (C=O) groups excluding carboxylic acids is 1. The maximum atomic E-state index is 17.2. The van der Waals surface area contributed by atoms with E-state index in [4.69, 9.17) is 28.2 Å². The quantitative estimate of drug-likeness (QED) is 0.153. The molecular weight excluding hydrogens is 718 g/mol. The van der Waals surface area contributed by atoms with E-state index in [1.54, 1.807) is 29.1 Å². The second-order valence-electron chi connectivity index (χ2n) is 15.0. The number of fused-ring (bicyclic) bond motifs is 4. The predicted octanol–water partition coefficient (Wildman–Crippen LogP) is 7.13. The van der Waals surface area contributed by atoms with Crippen LogP contribution in [0.25, 0.3) is 32.9 Å². The number of hydrogen-bond acceptors (Lipinski definition) is 7. The van der Waals surface area contributed by atoms with E-state index in [-0.39, 0.29) is 65.8 Å². The van der Waals surface area contributed by atoms with Crippen LogP contribution in [0.1, 0.15) is 79.3 Å². The van der Waals surface area contributed by atoms with Crippen molar-refractivity contribution in [2.75, 3.05) is 13.1 Å². The summed E-state index contributed by atoms with van der Waals surface area (Å²) in [5.41, 5.74) is 4.76. The van der Waals surface area contributed by atoms with E-state index in [2.05, 4.69) is 32.3 Å². The Bertz CT molecular complexity index is 2370. The van der Waals surface area contributed by atoms with Crippen LogP contribution in [0, 0.1) is 35.9 Å². The van der Waals surface area contributed by atoms with Crippen LogP contribution in [-0.4, -0.2) is 65.6 Å². The number of carboxylic acids is 1. The molecule has 3 saturated heterocycles. The van der Waals surface area contributed by atoms with Gasteiger partial charge in [0, 0.05) is 77.4 Å². The maximum Gasteiger partial charge on any atom is 0.303 e. The molecule has 5 aromatic rings. The van der Waals surface area contributed by atoms with E-state index in [1.165, 1.54) is 0 Å². The van der Waals surface area contributed by atoms with E-state index in [0.717, 1.165) is 42.4 Å². The Morgan fingerprint density at radius 2 is 1.98 bits per heavy atom. The molecule has 1 amide bonds. The number of nitriles is 1. The van der Waals surface area contributed by atoms with Gasteiger partial charge < -0.3 is 19.9 Å². The molecule has 10 rings (SSSR count). The molecule has 2 saturated carbocycles. The van der Waals surface area contributed by atoms with Crippen molar-refractivity contribution in [3.05, 3.63) is 75.0 Å². The molecule has 5 fully saturated rings. The van der Waals surface area contributed by atoms with Crippen LogP contribution in [0.4, 0.5) is 4.39 Å². The highest BCUT2D eigenvalue weighted by Gasteiger charge is 2.51. The molecule has 0 radical (unpaired) electrons. The summed E-state index contributed by atoms with van der Waals surface area (Å²) >= 11 is 13.1. The number of aliphatic carboxylic acids is 1. The number of amides is 1. The molecule has 5 aliphatic rings. The smallest absolute Gasteiger partial charge is 0.303 e. The lowest BCUT2D eigenvalue weighted by molar-refractivity contribution is -0.137. The summed E-state index contributed by atoms with van der Waals surface area (Å²) in [4.78, 5) is 32.2. The lowest BCUT2D eigenvalue weighted by atomic mass is 9.79. The third kappa shape index (κ3) is 5.67. The molecule has 6 heterocycles. The van der Waals surface area contributed by atoms with Gasteiger partial charge in [-0.25, -0.2) is 14.1 Å². The van der Waals surface area contributed by atoms with Gasteiger partial charge in [-0.15, -0.1) is 5.10 Å². The Morgan fingerprint density at radius 3 is 2.70 bits per heavy atom. The van der Waals surface area contributed by atoms with Gasteiger partial charge in [-0.1, -0.05) is 40.5 Å². The lowest BCUT2D eigenvalue weighted by Crippen LogP contribution is -2.41. The van der Waals surface area contributed by atoms with Gasteiger partial charge in [-0.2, -0.15) is 5.26 Å².